The molecule has 1 aliphatic heterocycles. The number of methoxy groups -OCH3 is 1. The van der Waals surface area contributed by atoms with E-state index in [0.29, 0.717) is 24.8 Å². The number of aromatic nitrogens is 2. The molecular formula is C17H20N4O3. The van der Waals surface area contributed by atoms with Gasteiger partial charge in [-0.3, -0.25) is 4.79 Å². The Morgan fingerprint density at radius 2 is 2.04 bits per heavy atom. The molecule has 1 amide bonds. The van der Waals surface area contributed by atoms with E-state index in [2.05, 4.69) is 20.2 Å². The highest BCUT2D eigenvalue weighted by molar-refractivity contribution is 5.92. The molecule has 0 spiro atoms. The number of carbonyl (C=O) groups is 1. The van der Waals surface area contributed by atoms with Gasteiger partial charge in [0.15, 0.2) is 0 Å². The lowest BCUT2D eigenvalue weighted by Gasteiger charge is -2.26. The van der Waals surface area contributed by atoms with E-state index in [0.717, 1.165) is 24.4 Å². The highest BCUT2D eigenvalue weighted by Gasteiger charge is 2.13. The summed E-state index contributed by atoms with van der Waals surface area (Å²) in [5.74, 6) is 1.27. The summed E-state index contributed by atoms with van der Waals surface area (Å²) >= 11 is 0. The average Bonchev–Trinajstić information content (AvgIpc) is 2.63. The summed E-state index contributed by atoms with van der Waals surface area (Å²) in [6.45, 7) is 2.92. The molecule has 0 aliphatic carbocycles. The molecule has 0 unspecified atom stereocenters. The molecule has 1 fully saturated rings. The first-order valence-corrected chi connectivity index (χ1v) is 7.82. The topological polar surface area (TPSA) is 76.6 Å². The average molecular weight is 328 g/mol. The maximum Gasteiger partial charge on any atom is 0.228 e. The minimum absolute atomic E-state index is 0.119. The van der Waals surface area contributed by atoms with Gasteiger partial charge in [0.05, 0.1) is 44.8 Å². The Morgan fingerprint density at radius 1 is 1.29 bits per heavy atom. The zero-order valence-corrected chi connectivity index (χ0v) is 13.6. The fourth-order valence-electron chi connectivity index (χ4n) is 2.49. The van der Waals surface area contributed by atoms with Gasteiger partial charge in [-0.05, 0) is 17.7 Å². The maximum atomic E-state index is 12.1. The molecular weight excluding hydrogens is 308 g/mol. The molecule has 24 heavy (non-hydrogen) atoms. The van der Waals surface area contributed by atoms with Crippen molar-refractivity contribution in [3.8, 4) is 5.75 Å². The summed E-state index contributed by atoms with van der Waals surface area (Å²) in [5.41, 5.74) is 1.47. The van der Waals surface area contributed by atoms with Gasteiger partial charge < -0.3 is 19.7 Å². The SMILES string of the molecule is COc1cccc(CC(=O)Nc2cnc(N3CCOCC3)nc2)c1. The number of ether oxygens (including phenoxy) is 2. The number of amides is 1. The van der Waals surface area contributed by atoms with E-state index in [1.807, 2.05) is 24.3 Å². The van der Waals surface area contributed by atoms with Crippen LogP contribution in [0, 0.1) is 0 Å². The van der Waals surface area contributed by atoms with Crippen molar-refractivity contribution in [3.63, 3.8) is 0 Å². The predicted molar refractivity (Wildman–Crippen MR) is 90.4 cm³/mol. The molecule has 2 heterocycles. The lowest BCUT2D eigenvalue weighted by Crippen LogP contribution is -2.37. The molecule has 0 bridgehead atoms. The fraction of sp³-hybridized carbons (Fsp3) is 0.353. The van der Waals surface area contributed by atoms with Crippen LogP contribution in [-0.4, -0.2) is 49.3 Å². The maximum absolute atomic E-state index is 12.1. The number of hydrogen-bond donors (Lipinski definition) is 1. The molecule has 0 radical (unpaired) electrons. The van der Waals surface area contributed by atoms with Crippen molar-refractivity contribution >= 4 is 17.5 Å². The molecule has 0 atom stereocenters. The number of nitrogens with one attached hydrogen (secondary N) is 1. The van der Waals surface area contributed by atoms with Gasteiger partial charge >= 0.3 is 0 Å². The van der Waals surface area contributed by atoms with Crippen molar-refractivity contribution in [2.24, 2.45) is 0 Å². The Morgan fingerprint density at radius 3 is 2.75 bits per heavy atom. The van der Waals surface area contributed by atoms with Crippen molar-refractivity contribution in [1.82, 2.24) is 9.97 Å². The Balaban J connectivity index is 1.57. The molecule has 1 aliphatic rings. The van der Waals surface area contributed by atoms with E-state index in [-0.39, 0.29) is 12.3 Å². The normalized spacial score (nSPS) is 14.3. The summed E-state index contributed by atoms with van der Waals surface area (Å²) in [4.78, 5) is 22.8. The third kappa shape index (κ3) is 4.20. The molecule has 2 aromatic rings. The first-order valence-electron chi connectivity index (χ1n) is 7.82. The van der Waals surface area contributed by atoms with Gasteiger partial charge in [0.2, 0.25) is 11.9 Å². The zero-order chi connectivity index (χ0) is 16.8. The van der Waals surface area contributed by atoms with Crippen molar-refractivity contribution in [1.29, 1.82) is 0 Å². The highest BCUT2D eigenvalue weighted by atomic mass is 16.5. The largest absolute Gasteiger partial charge is 0.497 e. The van der Waals surface area contributed by atoms with Crippen molar-refractivity contribution in [2.45, 2.75) is 6.42 Å². The summed E-state index contributed by atoms with van der Waals surface area (Å²) in [5, 5.41) is 2.81. The Kier molecular flexibility index (Phi) is 5.22. The van der Waals surface area contributed by atoms with Gasteiger partial charge in [0, 0.05) is 13.1 Å². The number of carbonyl (C=O) groups excluding carboxylic acids is 1. The van der Waals surface area contributed by atoms with Crippen molar-refractivity contribution in [3.05, 3.63) is 42.2 Å². The molecule has 126 valence electrons. The molecule has 7 nitrogen and oxygen atoms in total. The standard InChI is InChI=1S/C17H20N4O3/c1-23-15-4-2-3-13(9-15)10-16(22)20-14-11-18-17(19-12-14)21-5-7-24-8-6-21/h2-4,9,11-12H,5-8,10H2,1H3,(H,20,22). The summed E-state index contributed by atoms with van der Waals surface area (Å²) < 4.78 is 10.5. The lowest BCUT2D eigenvalue weighted by atomic mass is 10.1. The van der Waals surface area contributed by atoms with Crippen LogP contribution in [0.3, 0.4) is 0 Å². The van der Waals surface area contributed by atoms with Crippen LogP contribution in [0.15, 0.2) is 36.7 Å². The van der Waals surface area contributed by atoms with Crippen LogP contribution in [0.2, 0.25) is 0 Å². The molecule has 0 saturated carbocycles. The number of benzene rings is 1. The molecule has 3 rings (SSSR count). The van der Waals surface area contributed by atoms with Gasteiger partial charge in [-0.25, -0.2) is 9.97 Å². The van der Waals surface area contributed by atoms with Crippen LogP contribution in [0.1, 0.15) is 5.56 Å². The first-order chi connectivity index (χ1) is 11.7. The molecule has 1 N–H and O–H groups in total. The second kappa shape index (κ2) is 7.74. The Bertz CT molecular complexity index is 684. The number of anilines is 2. The van der Waals surface area contributed by atoms with Crippen LogP contribution in [0.5, 0.6) is 5.75 Å². The van der Waals surface area contributed by atoms with Crippen molar-refractivity contribution < 1.29 is 14.3 Å². The van der Waals surface area contributed by atoms with Crippen molar-refractivity contribution in [2.75, 3.05) is 43.6 Å². The van der Waals surface area contributed by atoms with E-state index in [4.69, 9.17) is 9.47 Å². The number of rotatable bonds is 5. The van der Waals surface area contributed by atoms with Crippen LogP contribution >= 0.6 is 0 Å². The third-order valence-electron chi connectivity index (χ3n) is 3.71. The summed E-state index contributed by atoms with van der Waals surface area (Å²) in [6.07, 6.45) is 3.52. The molecule has 7 heteroatoms. The summed E-state index contributed by atoms with van der Waals surface area (Å²) in [6, 6.07) is 7.44. The van der Waals surface area contributed by atoms with Crippen LogP contribution in [0.4, 0.5) is 11.6 Å². The quantitative estimate of drug-likeness (QED) is 0.896. The second-order valence-electron chi connectivity index (χ2n) is 5.45. The van der Waals surface area contributed by atoms with Gasteiger partial charge in [-0.1, -0.05) is 12.1 Å². The van der Waals surface area contributed by atoms with Gasteiger partial charge in [-0.2, -0.15) is 0 Å². The van der Waals surface area contributed by atoms with Gasteiger partial charge in [0.25, 0.3) is 0 Å². The van der Waals surface area contributed by atoms with Crippen LogP contribution < -0.4 is 15.0 Å². The molecule has 1 aromatic heterocycles. The van der Waals surface area contributed by atoms with E-state index in [1.54, 1.807) is 19.5 Å². The Labute approximate surface area is 140 Å². The van der Waals surface area contributed by atoms with E-state index < -0.39 is 0 Å². The first kappa shape index (κ1) is 16.2. The lowest BCUT2D eigenvalue weighted by molar-refractivity contribution is -0.115. The number of morpholine rings is 1. The molecule has 1 saturated heterocycles. The minimum Gasteiger partial charge on any atom is -0.497 e. The number of hydrogen-bond acceptors (Lipinski definition) is 6. The monoisotopic (exact) mass is 328 g/mol. The van der Waals surface area contributed by atoms with E-state index in [9.17, 15) is 4.79 Å². The van der Waals surface area contributed by atoms with E-state index in [1.165, 1.54) is 0 Å². The summed E-state index contributed by atoms with van der Waals surface area (Å²) in [7, 11) is 1.60. The fourth-order valence-corrected chi connectivity index (χ4v) is 2.49. The second-order valence-corrected chi connectivity index (χ2v) is 5.45. The number of nitrogens with zero attached hydrogens (tertiary/aromatic N) is 3. The molecule has 1 aromatic carbocycles. The highest BCUT2D eigenvalue weighted by Crippen LogP contribution is 2.15. The van der Waals surface area contributed by atoms with Crippen LogP contribution in [0.25, 0.3) is 0 Å². The predicted octanol–water partition coefficient (Wildman–Crippen LogP) is 1.50. The Hall–Kier alpha value is -2.67. The van der Waals surface area contributed by atoms with Gasteiger partial charge in [-0.15, -0.1) is 0 Å². The smallest absolute Gasteiger partial charge is 0.228 e. The third-order valence-corrected chi connectivity index (χ3v) is 3.71. The van der Waals surface area contributed by atoms with Gasteiger partial charge in [0.1, 0.15) is 5.75 Å². The minimum atomic E-state index is -0.119. The van der Waals surface area contributed by atoms with E-state index >= 15 is 0 Å². The van der Waals surface area contributed by atoms with Crippen LogP contribution in [-0.2, 0) is 16.0 Å². The zero-order valence-electron chi connectivity index (χ0n) is 13.6.